The van der Waals surface area contributed by atoms with Crippen molar-refractivity contribution in [3.8, 4) is 0 Å². The number of aliphatic hydroxyl groups is 1. The third-order valence-corrected chi connectivity index (χ3v) is 2.61. The quantitative estimate of drug-likeness (QED) is 0.784. The van der Waals surface area contributed by atoms with Crippen molar-refractivity contribution in [3.63, 3.8) is 0 Å². The molecule has 0 aliphatic rings. The van der Waals surface area contributed by atoms with Gasteiger partial charge in [0.1, 0.15) is 5.02 Å². The van der Waals surface area contributed by atoms with Crippen molar-refractivity contribution in [2.45, 2.75) is 25.6 Å². The summed E-state index contributed by atoms with van der Waals surface area (Å²) in [5.41, 5.74) is -0.417. The Hall–Kier alpha value is -1.28. The molecule has 0 aliphatic carbocycles. The molecular formula is C10H13ClF3N3O2. The maximum Gasteiger partial charge on any atom is 0.389 e. The Kier molecular flexibility index (Phi) is 5.61. The van der Waals surface area contributed by atoms with Crippen LogP contribution < -0.4 is 10.9 Å². The Morgan fingerprint density at radius 2 is 2.16 bits per heavy atom. The smallest absolute Gasteiger partial charge is 0.389 e. The molecule has 19 heavy (non-hydrogen) atoms. The van der Waals surface area contributed by atoms with Gasteiger partial charge in [-0.05, 0) is 6.42 Å². The normalized spacial score (nSPS) is 11.6. The first-order chi connectivity index (χ1) is 8.85. The summed E-state index contributed by atoms with van der Waals surface area (Å²) >= 11 is 5.76. The Morgan fingerprint density at radius 3 is 2.74 bits per heavy atom. The van der Waals surface area contributed by atoms with Gasteiger partial charge in [0.2, 0.25) is 0 Å². The molecule has 0 saturated heterocycles. The molecule has 0 fully saturated rings. The first kappa shape index (κ1) is 15.8. The molecule has 2 N–H and O–H groups in total. The second-order valence-corrected chi connectivity index (χ2v) is 4.15. The summed E-state index contributed by atoms with van der Waals surface area (Å²) in [6.07, 6.45) is -3.99. The van der Waals surface area contributed by atoms with E-state index in [1.54, 1.807) is 0 Å². The van der Waals surface area contributed by atoms with Gasteiger partial charge in [-0.25, -0.2) is 4.68 Å². The molecule has 0 saturated carbocycles. The lowest BCUT2D eigenvalue weighted by Crippen LogP contribution is -2.25. The van der Waals surface area contributed by atoms with Crippen molar-refractivity contribution >= 4 is 17.3 Å². The number of halogens is 4. The molecule has 1 rings (SSSR count). The van der Waals surface area contributed by atoms with Gasteiger partial charge >= 0.3 is 6.18 Å². The number of alkyl halides is 3. The van der Waals surface area contributed by atoms with Gasteiger partial charge in [0.05, 0.1) is 25.0 Å². The zero-order valence-electron chi connectivity index (χ0n) is 9.87. The predicted molar refractivity (Wildman–Crippen MR) is 64.4 cm³/mol. The van der Waals surface area contributed by atoms with Crippen LogP contribution in [-0.4, -0.2) is 34.2 Å². The van der Waals surface area contributed by atoms with Crippen LogP contribution in [0.1, 0.15) is 12.8 Å². The maximum atomic E-state index is 11.9. The monoisotopic (exact) mass is 299 g/mol. The molecule has 0 bridgehead atoms. The van der Waals surface area contributed by atoms with E-state index in [9.17, 15) is 18.0 Å². The van der Waals surface area contributed by atoms with E-state index in [-0.39, 0.29) is 36.8 Å². The SMILES string of the molecule is O=c1c(Cl)c(NCCCC(F)(F)F)cnn1CCO. The van der Waals surface area contributed by atoms with Crippen LogP contribution in [0.15, 0.2) is 11.0 Å². The molecule has 0 unspecified atom stereocenters. The minimum atomic E-state index is -4.20. The lowest BCUT2D eigenvalue weighted by Gasteiger charge is -2.10. The van der Waals surface area contributed by atoms with E-state index in [4.69, 9.17) is 16.7 Å². The van der Waals surface area contributed by atoms with E-state index < -0.39 is 18.2 Å². The molecule has 0 spiro atoms. The van der Waals surface area contributed by atoms with Crippen molar-refractivity contribution in [3.05, 3.63) is 21.6 Å². The van der Waals surface area contributed by atoms with Gasteiger partial charge in [0.15, 0.2) is 0 Å². The van der Waals surface area contributed by atoms with Crippen molar-refractivity contribution in [1.29, 1.82) is 0 Å². The van der Waals surface area contributed by atoms with Crippen LogP contribution in [-0.2, 0) is 6.54 Å². The average Bonchev–Trinajstić information content (AvgIpc) is 2.32. The molecule has 9 heteroatoms. The van der Waals surface area contributed by atoms with Crippen molar-refractivity contribution < 1.29 is 18.3 Å². The highest BCUT2D eigenvalue weighted by Crippen LogP contribution is 2.21. The maximum absolute atomic E-state index is 11.9. The molecule has 0 amide bonds. The van der Waals surface area contributed by atoms with Crippen LogP contribution in [0.3, 0.4) is 0 Å². The number of hydrogen-bond donors (Lipinski definition) is 2. The molecule has 0 aromatic carbocycles. The van der Waals surface area contributed by atoms with E-state index >= 15 is 0 Å². The molecule has 0 aliphatic heterocycles. The highest BCUT2D eigenvalue weighted by Gasteiger charge is 2.25. The molecule has 0 atom stereocenters. The van der Waals surface area contributed by atoms with Crippen LogP contribution in [0.2, 0.25) is 5.02 Å². The summed E-state index contributed by atoms with van der Waals surface area (Å²) in [7, 11) is 0. The Labute approximate surface area is 112 Å². The second kappa shape index (κ2) is 6.76. The topological polar surface area (TPSA) is 67.2 Å². The predicted octanol–water partition coefficient (Wildman–Crippen LogP) is 1.64. The third-order valence-electron chi connectivity index (χ3n) is 2.25. The number of aliphatic hydroxyl groups excluding tert-OH is 1. The Balaban J connectivity index is 2.60. The third kappa shape index (κ3) is 5.07. The fourth-order valence-electron chi connectivity index (χ4n) is 1.35. The van der Waals surface area contributed by atoms with Gasteiger partial charge in [0.25, 0.3) is 5.56 Å². The molecule has 108 valence electrons. The number of aromatic nitrogens is 2. The highest BCUT2D eigenvalue weighted by molar-refractivity contribution is 6.32. The molecule has 0 radical (unpaired) electrons. The van der Waals surface area contributed by atoms with E-state index in [1.807, 2.05) is 0 Å². The minimum Gasteiger partial charge on any atom is -0.394 e. The van der Waals surface area contributed by atoms with Crippen LogP contribution in [0.25, 0.3) is 0 Å². The Morgan fingerprint density at radius 1 is 1.47 bits per heavy atom. The fraction of sp³-hybridized carbons (Fsp3) is 0.600. The summed E-state index contributed by atoms with van der Waals surface area (Å²) < 4.78 is 36.7. The summed E-state index contributed by atoms with van der Waals surface area (Å²) in [5, 5.41) is 14.9. The second-order valence-electron chi connectivity index (χ2n) is 3.77. The van der Waals surface area contributed by atoms with Gasteiger partial charge in [-0.3, -0.25) is 4.79 Å². The minimum absolute atomic E-state index is 0.00685. The van der Waals surface area contributed by atoms with Gasteiger partial charge in [0, 0.05) is 13.0 Å². The van der Waals surface area contributed by atoms with Gasteiger partial charge in [-0.1, -0.05) is 11.6 Å². The van der Waals surface area contributed by atoms with E-state index in [2.05, 4.69) is 10.4 Å². The summed E-state index contributed by atoms with van der Waals surface area (Å²) in [5.74, 6) is 0. The molecule has 1 aromatic heterocycles. The number of nitrogens with one attached hydrogen (secondary N) is 1. The molecule has 1 heterocycles. The molecular weight excluding hydrogens is 287 g/mol. The van der Waals surface area contributed by atoms with Gasteiger partial charge < -0.3 is 10.4 Å². The zero-order chi connectivity index (χ0) is 14.5. The van der Waals surface area contributed by atoms with Crippen LogP contribution in [0, 0.1) is 0 Å². The van der Waals surface area contributed by atoms with Crippen molar-refractivity contribution in [1.82, 2.24) is 9.78 Å². The average molecular weight is 300 g/mol. The standard InChI is InChI=1S/C10H13ClF3N3O2/c11-8-7(15-3-1-2-10(12,13)14)6-16-17(4-5-18)9(8)19/h6,15,18H,1-5H2. The molecule has 1 aromatic rings. The summed E-state index contributed by atoms with van der Waals surface area (Å²) in [6.45, 7) is -0.223. The first-order valence-electron chi connectivity index (χ1n) is 5.52. The summed E-state index contributed by atoms with van der Waals surface area (Å²) in [4.78, 5) is 11.6. The van der Waals surface area contributed by atoms with E-state index in [0.29, 0.717) is 0 Å². The lowest BCUT2D eigenvalue weighted by molar-refractivity contribution is -0.134. The first-order valence-corrected chi connectivity index (χ1v) is 5.90. The Bertz CT molecular complexity index is 476. The van der Waals surface area contributed by atoms with Crippen molar-refractivity contribution in [2.75, 3.05) is 18.5 Å². The number of hydrogen-bond acceptors (Lipinski definition) is 4. The van der Waals surface area contributed by atoms with Crippen molar-refractivity contribution in [2.24, 2.45) is 0 Å². The van der Waals surface area contributed by atoms with E-state index in [0.717, 1.165) is 4.68 Å². The largest absolute Gasteiger partial charge is 0.394 e. The fourth-order valence-corrected chi connectivity index (χ4v) is 1.57. The van der Waals surface area contributed by atoms with Crippen LogP contribution in [0.5, 0.6) is 0 Å². The number of rotatable bonds is 6. The summed E-state index contributed by atoms with van der Waals surface area (Å²) in [6, 6.07) is 0. The van der Waals surface area contributed by atoms with Gasteiger partial charge in [-0.15, -0.1) is 0 Å². The van der Waals surface area contributed by atoms with Crippen LogP contribution in [0.4, 0.5) is 18.9 Å². The van der Waals surface area contributed by atoms with Gasteiger partial charge in [-0.2, -0.15) is 18.3 Å². The van der Waals surface area contributed by atoms with Crippen LogP contribution >= 0.6 is 11.6 Å². The molecule has 5 nitrogen and oxygen atoms in total. The van der Waals surface area contributed by atoms with E-state index in [1.165, 1.54) is 6.20 Å². The lowest BCUT2D eigenvalue weighted by atomic mass is 10.3. The number of nitrogens with zero attached hydrogens (tertiary/aromatic N) is 2. The zero-order valence-corrected chi connectivity index (χ0v) is 10.6. The number of anilines is 1. The highest BCUT2D eigenvalue weighted by atomic mass is 35.5.